The second-order valence-corrected chi connectivity index (χ2v) is 3.40. The van der Waals surface area contributed by atoms with Crippen molar-refractivity contribution in [2.24, 2.45) is 0 Å². The number of aliphatic carboxylic acids is 1. The van der Waals surface area contributed by atoms with Gasteiger partial charge in [-0.15, -0.1) is 0 Å². The molecule has 0 spiro atoms. The first-order valence-electron chi connectivity index (χ1n) is 4.81. The molecule has 0 unspecified atom stereocenters. The van der Waals surface area contributed by atoms with Crippen LogP contribution in [0.15, 0.2) is 23.5 Å². The highest BCUT2D eigenvalue weighted by Gasteiger charge is 2.08. The van der Waals surface area contributed by atoms with Gasteiger partial charge in [0.1, 0.15) is 5.76 Å². The second-order valence-electron chi connectivity index (χ2n) is 3.40. The number of hydrogen-bond donors (Lipinski definition) is 2. The van der Waals surface area contributed by atoms with Gasteiger partial charge in [0.25, 0.3) is 0 Å². The fraction of sp³-hybridized carbons (Fsp3) is 0.455. The molecule has 0 saturated heterocycles. The van der Waals surface area contributed by atoms with Crippen molar-refractivity contribution in [1.82, 2.24) is 0 Å². The average Bonchev–Trinajstić information content (AvgIpc) is 2.22. The van der Waals surface area contributed by atoms with Crippen molar-refractivity contribution in [2.45, 2.75) is 26.7 Å². The molecule has 16 heavy (non-hydrogen) atoms. The Kier molecular flexibility index (Phi) is 5.92. The van der Waals surface area contributed by atoms with Crippen molar-refractivity contribution in [3.05, 3.63) is 23.5 Å². The van der Waals surface area contributed by atoms with Crippen LogP contribution < -0.4 is 0 Å². The molecule has 0 aromatic carbocycles. The van der Waals surface area contributed by atoms with E-state index in [0.29, 0.717) is 12.0 Å². The molecule has 0 fully saturated rings. The first kappa shape index (κ1) is 14.2. The molecule has 5 heteroatoms. The van der Waals surface area contributed by atoms with Gasteiger partial charge in [-0.3, -0.25) is 0 Å². The molecule has 0 heterocycles. The molecule has 0 aliphatic carbocycles. The minimum Gasteiger partial charge on any atom is -0.512 e. The summed E-state index contributed by atoms with van der Waals surface area (Å²) < 4.78 is 4.77. The van der Waals surface area contributed by atoms with Crippen LogP contribution in [-0.4, -0.2) is 28.8 Å². The number of aliphatic hydroxyl groups excluding tert-OH is 1. The molecule has 0 aromatic rings. The molecule has 0 amide bonds. The van der Waals surface area contributed by atoms with Crippen molar-refractivity contribution in [2.75, 3.05) is 6.61 Å². The van der Waals surface area contributed by atoms with Crippen LogP contribution in [-0.2, 0) is 14.3 Å². The van der Waals surface area contributed by atoms with Crippen molar-refractivity contribution in [3.63, 3.8) is 0 Å². The summed E-state index contributed by atoms with van der Waals surface area (Å²) in [7, 11) is 0. The lowest BCUT2D eigenvalue weighted by Gasteiger charge is -2.05. The lowest BCUT2D eigenvalue weighted by Crippen LogP contribution is -2.07. The summed E-state index contributed by atoms with van der Waals surface area (Å²) in [6, 6.07) is 0. The van der Waals surface area contributed by atoms with E-state index in [1.807, 2.05) is 0 Å². The predicted molar refractivity (Wildman–Crippen MR) is 58.0 cm³/mol. The van der Waals surface area contributed by atoms with Gasteiger partial charge in [0, 0.05) is 12.0 Å². The minimum absolute atomic E-state index is 0.0915. The molecule has 0 aliphatic rings. The zero-order chi connectivity index (χ0) is 12.7. The highest BCUT2D eigenvalue weighted by Crippen LogP contribution is 2.08. The van der Waals surface area contributed by atoms with Crippen LogP contribution in [0.4, 0.5) is 0 Å². The molecule has 90 valence electrons. The van der Waals surface area contributed by atoms with Gasteiger partial charge in [-0.25, -0.2) is 9.59 Å². The molecular formula is C11H16O5. The minimum atomic E-state index is -1.16. The molecule has 0 aliphatic heterocycles. The fourth-order valence-corrected chi connectivity index (χ4v) is 0.839. The van der Waals surface area contributed by atoms with Crippen LogP contribution >= 0.6 is 0 Å². The van der Waals surface area contributed by atoms with E-state index in [9.17, 15) is 14.7 Å². The number of rotatable bonds is 6. The molecule has 5 nitrogen and oxygen atoms in total. The number of aliphatic hydroxyl groups is 1. The SMILES string of the molecule is C=C(C)C(=O)OCCCC(O)=C(C)C(=O)O. The van der Waals surface area contributed by atoms with Gasteiger partial charge in [0.2, 0.25) is 0 Å². The van der Waals surface area contributed by atoms with E-state index < -0.39 is 11.9 Å². The summed E-state index contributed by atoms with van der Waals surface area (Å²) in [5.74, 6) is -1.84. The molecule has 0 rings (SSSR count). The number of carboxylic acid groups (broad SMARTS) is 1. The number of esters is 1. The Morgan fingerprint density at radius 3 is 2.25 bits per heavy atom. The highest BCUT2D eigenvalue weighted by atomic mass is 16.5. The molecule has 0 bridgehead atoms. The standard InChI is InChI=1S/C11H16O5/c1-7(2)11(15)16-6-4-5-9(12)8(3)10(13)14/h12H,1,4-6H2,2-3H3,(H,13,14). The third-order valence-corrected chi connectivity index (χ3v) is 1.89. The zero-order valence-corrected chi connectivity index (χ0v) is 9.45. The zero-order valence-electron chi connectivity index (χ0n) is 9.45. The first-order valence-corrected chi connectivity index (χ1v) is 4.81. The maximum Gasteiger partial charge on any atom is 0.334 e. The van der Waals surface area contributed by atoms with Gasteiger partial charge in [-0.05, 0) is 20.3 Å². The van der Waals surface area contributed by atoms with Crippen molar-refractivity contribution in [3.8, 4) is 0 Å². The van der Waals surface area contributed by atoms with Gasteiger partial charge >= 0.3 is 11.9 Å². The molecule has 0 saturated carbocycles. The lowest BCUT2D eigenvalue weighted by molar-refractivity contribution is -0.139. The van der Waals surface area contributed by atoms with Crippen LogP contribution in [0.25, 0.3) is 0 Å². The normalized spacial score (nSPS) is 11.6. The number of allylic oxidation sites excluding steroid dienone is 1. The topological polar surface area (TPSA) is 83.8 Å². The van der Waals surface area contributed by atoms with Crippen LogP contribution in [0.1, 0.15) is 26.7 Å². The Bertz CT molecular complexity index is 327. The van der Waals surface area contributed by atoms with E-state index in [1.165, 1.54) is 13.8 Å². The molecule has 0 radical (unpaired) electrons. The summed E-state index contributed by atoms with van der Waals surface area (Å²) >= 11 is 0. The van der Waals surface area contributed by atoms with E-state index >= 15 is 0 Å². The number of hydrogen-bond acceptors (Lipinski definition) is 4. The van der Waals surface area contributed by atoms with Crippen molar-refractivity contribution in [1.29, 1.82) is 0 Å². The van der Waals surface area contributed by atoms with Gasteiger partial charge < -0.3 is 14.9 Å². The van der Waals surface area contributed by atoms with E-state index in [1.54, 1.807) is 0 Å². The van der Waals surface area contributed by atoms with Crippen LogP contribution in [0.5, 0.6) is 0 Å². The Balaban J connectivity index is 3.92. The Labute approximate surface area is 94.0 Å². The summed E-state index contributed by atoms with van der Waals surface area (Å²) in [5.41, 5.74) is 0.215. The first-order chi connectivity index (χ1) is 7.36. The van der Waals surface area contributed by atoms with E-state index in [4.69, 9.17) is 9.84 Å². The van der Waals surface area contributed by atoms with Gasteiger partial charge in [-0.1, -0.05) is 6.58 Å². The van der Waals surface area contributed by atoms with Gasteiger partial charge in [0.15, 0.2) is 0 Å². The molecule has 2 N–H and O–H groups in total. The monoisotopic (exact) mass is 228 g/mol. The maximum atomic E-state index is 10.9. The number of ether oxygens (including phenoxy) is 1. The largest absolute Gasteiger partial charge is 0.512 e. The number of carbonyl (C=O) groups is 2. The van der Waals surface area contributed by atoms with Crippen LogP contribution in [0.3, 0.4) is 0 Å². The summed E-state index contributed by atoms with van der Waals surface area (Å²) in [4.78, 5) is 21.4. The third kappa shape index (κ3) is 5.19. The fourth-order valence-electron chi connectivity index (χ4n) is 0.839. The summed E-state index contributed by atoms with van der Waals surface area (Å²) in [5, 5.41) is 17.9. The van der Waals surface area contributed by atoms with Gasteiger partial charge in [-0.2, -0.15) is 0 Å². The van der Waals surface area contributed by atoms with E-state index in [2.05, 4.69) is 6.58 Å². The third-order valence-electron chi connectivity index (χ3n) is 1.89. The second kappa shape index (κ2) is 6.66. The average molecular weight is 228 g/mol. The Morgan fingerprint density at radius 1 is 1.25 bits per heavy atom. The predicted octanol–water partition coefficient (Wildman–Crippen LogP) is 1.80. The number of carboxylic acids is 1. The quantitative estimate of drug-likeness (QED) is 0.313. The Hall–Kier alpha value is -1.78. The van der Waals surface area contributed by atoms with E-state index in [0.717, 1.165) is 0 Å². The van der Waals surface area contributed by atoms with Gasteiger partial charge in [0.05, 0.1) is 12.2 Å². The van der Waals surface area contributed by atoms with Crippen molar-refractivity contribution < 1.29 is 24.5 Å². The number of carbonyl (C=O) groups excluding carboxylic acids is 1. The molecule has 0 aromatic heterocycles. The smallest absolute Gasteiger partial charge is 0.334 e. The Morgan fingerprint density at radius 2 is 1.81 bits per heavy atom. The summed E-state index contributed by atoms with van der Waals surface area (Å²) in [6.45, 7) is 6.39. The van der Waals surface area contributed by atoms with Crippen LogP contribution in [0.2, 0.25) is 0 Å². The molecular weight excluding hydrogens is 212 g/mol. The summed E-state index contributed by atoms with van der Waals surface area (Å²) in [6.07, 6.45) is 0.539. The molecule has 0 atom stereocenters. The van der Waals surface area contributed by atoms with Crippen molar-refractivity contribution >= 4 is 11.9 Å². The lowest BCUT2D eigenvalue weighted by atomic mass is 10.2. The van der Waals surface area contributed by atoms with E-state index in [-0.39, 0.29) is 24.4 Å². The maximum absolute atomic E-state index is 10.9. The van der Waals surface area contributed by atoms with Crippen LogP contribution in [0, 0.1) is 0 Å². The highest BCUT2D eigenvalue weighted by molar-refractivity contribution is 5.87.